The largest absolute Gasteiger partial charge is 0.507 e. The van der Waals surface area contributed by atoms with Gasteiger partial charge in [0, 0.05) is 22.8 Å². The van der Waals surface area contributed by atoms with Gasteiger partial charge >= 0.3 is 0 Å². The summed E-state index contributed by atoms with van der Waals surface area (Å²) in [6.07, 6.45) is 3.27. The predicted octanol–water partition coefficient (Wildman–Crippen LogP) is 4.31. The zero-order valence-corrected chi connectivity index (χ0v) is 16.2. The van der Waals surface area contributed by atoms with Gasteiger partial charge in [0.15, 0.2) is 0 Å². The monoisotopic (exact) mass is 387 g/mol. The van der Waals surface area contributed by atoms with Crippen molar-refractivity contribution in [3.8, 4) is 0 Å². The molecule has 1 N–H and O–H groups in total. The average molecular weight is 387 g/mol. The normalized spacial score (nSPS) is 14.6. The van der Waals surface area contributed by atoms with Crippen molar-refractivity contribution in [2.24, 2.45) is 0 Å². The van der Waals surface area contributed by atoms with Gasteiger partial charge in [-0.05, 0) is 42.7 Å². The van der Waals surface area contributed by atoms with Crippen LogP contribution in [0.5, 0.6) is 0 Å². The van der Waals surface area contributed by atoms with Gasteiger partial charge in [-0.3, -0.25) is 9.78 Å². The van der Waals surface area contributed by atoms with Crippen LogP contribution in [-0.4, -0.2) is 19.6 Å². The van der Waals surface area contributed by atoms with E-state index < -0.39 is 0 Å². The van der Waals surface area contributed by atoms with Gasteiger partial charge in [0.05, 0.1) is 17.5 Å². The molecule has 4 heterocycles. The van der Waals surface area contributed by atoms with Crippen LogP contribution in [0.3, 0.4) is 0 Å². The minimum atomic E-state index is -0.248. The van der Waals surface area contributed by atoms with Crippen molar-refractivity contribution in [1.82, 2.24) is 14.5 Å². The Morgan fingerprint density at radius 2 is 1.89 bits per heavy atom. The van der Waals surface area contributed by atoms with Gasteiger partial charge in [0.1, 0.15) is 16.4 Å². The van der Waals surface area contributed by atoms with Gasteiger partial charge in [0.25, 0.3) is 5.56 Å². The number of hydrogen-bond acceptors (Lipinski definition) is 5. The Balaban J connectivity index is 1.92. The molecule has 5 nitrogen and oxygen atoms in total. The summed E-state index contributed by atoms with van der Waals surface area (Å²) in [4.78, 5) is 23.3. The predicted molar refractivity (Wildman–Crippen MR) is 112 cm³/mol. The van der Waals surface area contributed by atoms with Gasteiger partial charge in [-0.2, -0.15) is 4.98 Å². The van der Waals surface area contributed by atoms with E-state index in [1.165, 1.54) is 0 Å². The fourth-order valence-electron chi connectivity index (χ4n) is 3.78. The van der Waals surface area contributed by atoms with Crippen molar-refractivity contribution in [1.29, 1.82) is 0 Å². The first-order chi connectivity index (χ1) is 13.6. The summed E-state index contributed by atoms with van der Waals surface area (Å²) in [5, 5.41) is 11.8. The fourth-order valence-corrected chi connectivity index (χ4v) is 4.93. The third-order valence-electron chi connectivity index (χ3n) is 5.32. The number of pyridine rings is 1. The van der Waals surface area contributed by atoms with Crippen LogP contribution in [-0.2, 0) is 6.54 Å². The number of aromatic nitrogens is 3. The number of hydrogen-bond donors (Lipinski definition) is 1. The van der Waals surface area contributed by atoms with Crippen molar-refractivity contribution in [2.45, 2.75) is 20.4 Å². The van der Waals surface area contributed by atoms with E-state index in [4.69, 9.17) is 0 Å². The van der Waals surface area contributed by atoms with Crippen LogP contribution in [0, 0.1) is 13.8 Å². The molecular weight excluding hydrogens is 370 g/mol. The third-order valence-corrected chi connectivity index (χ3v) is 6.55. The second kappa shape index (κ2) is 6.14. The highest BCUT2D eigenvalue weighted by Gasteiger charge is 2.28. The highest BCUT2D eigenvalue weighted by atomic mass is 32.1. The Hall–Kier alpha value is -3.25. The standard InChI is InChI=1S/C22H17N3O2S/c1-12-13(2)28-22-17(12)21(27)24-20-18(19(26)14-7-9-23-10-8-14)16-6-4-3-5-15(16)11-25(20)22/h3-10,26H,11H2,1-2H3/b19-18+. The van der Waals surface area contributed by atoms with Gasteiger partial charge < -0.3 is 9.67 Å². The van der Waals surface area contributed by atoms with Crippen molar-refractivity contribution < 1.29 is 5.11 Å². The van der Waals surface area contributed by atoms with Crippen LogP contribution in [0.1, 0.15) is 33.0 Å². The van der Waals surface area contributed by atoms with E-state index in [1.54, 1.807) is 35.9 Å². The molecule has 138 valence electrons. The van der Waals surface area contributed by atoms with E-state index in [9.17, 15) is 9.90 Å². The topological polar surface area (TPSA) is 68.0 Å². The molecule has 0 atom stereocenters. The Morgan fingerprint density at radius 3 is 2.68 bits per heavy atom. The lowest BCUT2D eigenvalue weighted by molar-refractivity contribution is 0.512. The molecule has 0 aliphatic carbocycles. The number of aliphatic hydroxyl groups excluding tert-OH is 1. The zero-order valence-electron chi connectivity index (χ0n) is 15.4. The van der Waals surface area contributed by atoms with Gasteiger partial charge in [-0.15, -0.1) is 11.3 Å². The molecule has 0 saturated carbocycles. The first kappa shape index (κ1) is 16.9. The summed E-state index contributed by atoms with van der Waals surface area (Å²) in [5.41, 5.74) is 3.93. The number of aliphatic hydroxyl groups is 1. The highest BCUT2D eigenvalue weighted by molar-refractivity contribution is 7.18. The molecule has 0 amide bonds. The van der Waals surface area contributed by atoms with Crippen LogP contribution < -0.4 is 5.56 Å². The maximum absolute atomic E-state index is 12.9. The van der Waals surface area contributed by atoms with Crippen LogP contribution >= 0.6 is 11.3 Å². The van der Waals surface area contributed by atoms with Gasteiger partial charge in [0.2, 0.25) is 0 Å². The number of aryl methyl sites for hydroxylation is 2. The Bertz CT molecular complexity index is 1330. The number of rotatable bonds is 1. The smallest absolute Gasteiger partial charge is 0.282 e. The summed E-state index contributed by atoms with van der Waals surface area (Å²) in [6, 6.07) is 11.4. The average Bonchev–Trinajstić information content (AvgIpc) is 3.02. The first-order valence-electron chi connectivity index (χ1n) is 8.99. The van der Waals surface area contributed by atoms with Crippen molar-refractivity contribution >= 4 is 32.9 Å². The Labute approximate surface area is 165 Å². The number of nitrogens with zero attached hydrogens (tertiary/aromatic N) is 3. The number of thiophene rings is 1. The lowest BCUT2D eigenvalue weighted by Gasteiger charge is -2.25. The van der Waals surface area contributed by atoms with Crippen molar-refractivity contribution in [2.75, 3.05) is 0 Å². The lowest BCUT2D eigenvalue weighted by Crippen LogP contribution is -2.23. The highest BCUT2D eigenvalue weighted by Crippen LogP contribution is 2.38. The van der Waals surface area contributed by atoms with Crippen molar-refractivity contribution in [3.05, 3.63) is 92.1 Å². The summed E-state index contributed by atoms with van der Waals surface area (Å²) < 4.78 is 2.05. The maximum atomic E-state index is 12.9. The summed E-state index contributed by atoms with van der Waals surface area (Å²) >= 11 is 1.60. The molecule has 28 heavy (non-hydrogen) atoms. The van der Waals surface area contributed by atoms with Crippen molar-refractivity contribution in [3.63, 3.8) is 0 Å². The van der Waals surface area contributed by atoms with Crippen LogP contribution in [0.25, 0.3) is 21.5 Å². The molecule has 0 unspecified atom stereocenters. The van der Waals surface area contributed by atoms with Crippen LogP contribution in [0.15, 0.2) is 53.6 Å². The molecule has 0 fully saturated rings. The SMILES string of the molecule is Cc1sc2c(c1C)c(=O)nc1n2Cc2ccccc2/C1=C(\O)c1ccncc1. The van der Waals surface area contributed by atoms with E-state index in [-0.39, 0.29) is 11.3 Å². The number of benzene rings is 1. The summed E-state index contributed by atoms with van der Waals surface area (Å²) in [5.74, 6) is 0.603. The molecule has 6 heteroatoms. The Kier molecular flexibility index (Phi) is 3.70. The second-order valence-corrected chi connectivity index (χ2v) is 8.11. The van der Waals surface area contributed by atoms with E-state index in [2.05, 4.69) is 20.6 Å². The molecule has 0 bridgehead atoms. The quantitative estimate of drug-likeness (QED) is 0.435. The molecule has 3 aromatic heterocycles. The lowest BCUT2D eigenvalue weighted by atomic mass is 9.92. The molecule has 0 saturated heterocycles. The van der Waals surface area contributed by atoms with E-state index in [0.717, 1.165) is 26.4 Å². The fraction of sp³-hybridized carbons (Fsp3) is 0.136. The van der Waals surface area contributed by atoms with E-state index >= 15 is 0 Å². The molecule has 0 spiro atoms. The second-order valence-electron chi connectivity index (χ2n) is 6.91. The van der Waals surface area contributed by atoms with Crippen LogP contribution in [0.4, 0.5) is 0 Å². The molecule has 5 rings (SSSR count). The summed E-state index contributed by atoms with van der Waals surface area (Å²) in [7, 11) is 0. The van der Waals surface area contributed by atoms with E-state index in [0.29, 0.717) is 28.9 Å². The zero-order chi connectivity index (χ0) is 19.4. The minimum Gasteiger partial charge on any atom is -0.507 e. The van der Waals surface area contributed by atoms with Gasteiger partial charge in [-0.1, -0.05) is 24.3 Å². The number of fused-ring (bicyclic) bond motifs is 4. The van der Waals surface area contributed by atoms with E-state index in [1.807, 2.05) is 32.0 Å². The third kappa shape index (κ3) is 2.34. The molecule has 1 aliphatic heterocycles. The Morgan fingerprint density at radius 1 is 1.14 bits per heavy atom. The molecule has 1 aromatic carbocycles. The molecule has 4 aromatic rings. The minimum absolute atomic E-state index is 0.0968. The first-order valence-corrected chi connectivity index (χ1v) is 9.80. The maximum Gasteiger partial charge on any atom is 0.282 e. The van der Waals surface area contributed by atoms with Gasteiger partial charge in [-0.25, -0.2) is 0 Å². The molecule has 1 aliphatic rings. The molecule has 0 radical (unpaired) electrons. The summed E-state index contributed by atoms with van der Waals surface area (Å²) in [6.45, 7) is 4.60. The molecular formula is C22H17N3O2S. The van der Waals surface area contributed by atoms with Crippen LogP contribution in [0.2, 0.25) is 0 Å².